The van der Waals surface area contributed by atoms with Crippen LogP contribution in [0.1, 0.15) is 11.1 Å². The van der Waals surface area contributed by atoms with Gasteiger partial charge in [0.2, 0.25) is 0 Å². The summed E-state index contributed by atoms with van der Waals surface area (Å²) in [5.41, 5.74) is -0.0516. The van der Waals surface area contributed by atoms with Gasteiger partial charge < -0.3 is 15.2 Å². The lowest BCUT2D eigenvalue weighted by Crippen LogP contribution is -2.20. The lowest BCUT2D eigenvalue weighted by Gasteiger charge is -2.13. The number of ether oxygens (including phenoxy) is 1. The maximum atomic E-state index is 12.6. The number of hydrogen-bond acceptors (Lipinski definition) is 3. The van der Waals surface area contributed by atoms with E-state index in [2.05, 4.69) is 10.3 Å². The first-order chi connectivity index (χ1) is 12.3. The SMILES string of the molecule is O=C(O)NCc1ccc(Oc2ccc(C(F)(F)F)cc2)c2ccncc12. The number of fused-ring (bicyclic) bond motifs is 1. The van der Waals surface area contributed by atoms with E-state index >= 15 is 0 Å². The van der Waals surface area contributed by atoms with Gasteiger partial charge in [-0.3, -0.25) is 4.98 Å². The second-order valence-corrected chi connectivity index (χ2v) is 5.43. The van der Waals surface area contributed by atoms with Crippen molar-refractivity contribution < 1.29 is 27.8 Å². The summed E-state index contributed by atoms with van der Waals surface area (Å²) in [5.74, 6) is 0.689. The van der Waals surface area contributed by atoms with Crippen LogP contribution < -0.4 is 10.1 Å². The maximum Gasteiger partial charge on any atom is 0.416 e. The molecule has 0 aliphatic rings. The molecule has 26 heavy (non-hydrogen) atoms. The van der Waals surface area contributed by atoms with Crippen LogP contribution in [0, 0.1) is 0 Å². The fraction of sp³-hybridized carbons (Fsp3) is 0.111. The highest BCUT2D eigenvalue weighted by molar-refractivity contribution is 5.90. The van der Waals surface area contributed by atoms with Gasteiger partial charge in [0.15, 0.2) is 0 Å². The van der Waals surface area contributed by atoms with Gasteiger partial charge >= 0.3 is 12.3 Å². The molecule has 3 rings (SSSR count). The second-order valence-electron chi connectivity index (χ2n) is 5.43. The molecule has 0 bridgehead atoms. The summed E-state index contributed by atoms with van der Waals surface area (Å²) in [6.45, 7) is 0.0953. The summed E-state index contributed by atoms with van der Waals surface area (Å²) in [7, 11) is 0. The summed E-state index contributed by atoms with van der Waals surface area (Å²) in [6.07, 6.45) is -2.42. The van der Waals surface area contributed by atoms with Crippen molar-refractivity contribution >= 4 is 16.9 Å². The van der Waals surface area contributed by atoms with Gasteiger partial charge in [-0.15, -0.1) is 0 Å². The molecule has 0 spiro atoms. The van der Waals surface area contributed by atoms with Crippen LogP contribution in [0.3, 0.4) is 0 Å². The van der Waals surface area contributed by atoms with Gasteiger partial charge in [0.25, 0.3) is 0 Å². The van der Waals surface area contributed by atoms with Crippen LogP contribution in [0.5, 0.6) is 11.5 Å². The number of carbonyl (C=O) groups is 1. The Bertz CT molecular complexity index is 941. The van der Waals surface area contributed by atoms with Crippen LogP contribution in [-0.4, -0.2) is 16.2 Å². The number of amides is 1. The molecule has 8 heteroatoms. The van der Waals surface area contributed by atoms with E-state index in [1.54, 1.807) is 30.6 Å². The molecular formula is C18H13F3N2O3. The molecular weight excluding hydrogens is 349 g/mol. The van der Waals surface area contributed by atoms with Crippen LogP contribution in [0.4, 0.5) is 18.0 Å². The van der Waals surface area contributed by atoms with Gasteiger partial charge in [-0.25, -0.2) is 4.79 Å². The summed E-state index contributed by atoms with van der Waals surface area (Å²) >= 11 is 0. The second kappa shape index (κ2) is 6.91. The highest BCUT2D eigenvalue weighted by Crippen LogP contribution is 2.34. The molecule has 0 saturated heterocycles. The number of aromatic nitrogens is 1. The van der Waals surface area contributed by atoms with Crippen molar-refractivity contribution in [2.24, 2.45) is 0 Å². The van der Waals surface area contributed by atoms with E-state index in [0.29, 0.717) is 22.1 Å². The Balaban J connectivity index is 1.91. The zero-order valence-corrected chi connectivity index (χ0v) is 13.2. The first kappa shape index (κ1) is 17.5. The van der Waals surface area contributed by atoms with Gasteiger partial charge in [-0.1, -0.05) is 6.07 Å². The van der Waals surface area contributed by atoms with E-state index in [-0.39, 0.29) is 12.3 Å². The third-order valence-electron chi connectivity index (χ3n) is 3.71. The number of rotatable bonds is 4. The van der Waals surface area contributed by atoms with E-state index in [1.807, 2.05) is 0 Å². The smallest absolute Gasteiger partial charge is 0.416 e. The summed E-state index contributed by atoms with van der Waals surface area (Å²) in [5, 5.41) is 12.4. The maximum absolute atomic E-state index is 12.6. The predicted octanol–water partition coefficient (Wildman–Crippen LogP) is 4.81. The monoisotopic (exact) mass is 362 g/mol. The van der Waals surface area contributed by atoms with Gasteiger partial charge in [-0.2, -0.15) is 13.2 Å². The Kier molecular flexibility index (Phi) is 4.66. The standard InChI is InChI=1S/C18H13F3N2O3/c19-18(20,21)12-2-4-13(5-3-12)26-16-6-1-11(9-23-17(24)25)15-10-22-8-7-14(15)16/h1-8,10,23H,9H2,(H,24,25). The van der Waals surface area contributed by atoms with E-state index in [9.17, 15) is 18.0 Å². The Morgan fingerprint density at radius 3 is 2.46 bits per heavy atom. The topological polar surface area (TPSA) is 71.5 Å². The molecule has 0 saturated carbocycles. The van der Waals surface area contributed by atoms with Crippen molar-refractivity contribution in [3.63, 3.8) is 0 Å². The van der Waals surface area contributed by atoms with Crippen molar-refractivity contribution in [3.8, 4) is 11.5 Å². The molecule has 0 fully saturated rings. The average Bonchev–Trinajstić information content (AvgIpc) is 2.60. The fourth-order valence-corrected chi connectivity index (χ4v) is 2.47. The van der Waals surface area contributed by atoms with Crippen molar-refractivity contribution in [3.05, 3.63) is 66.0 Å². The molecule has 3 aromatic rings. The molecule has 1 aromatic heterocycles. The van der Waals surface area contributed by atoms with E-state index in [4.69, 9.17) is 9.84 Å². The highest BCUT2D eigenvalue weighted by Gasteiger charge is 2.30. The largest absolute Gasteiger partial charge is 0.465 e. The van der Waals surface area contributed by atoms with Crippen molar-refractivity contribution in [1.82, 2.24) is 10.3 Å². The fourth-order valence-electron chi connectivity index (χ4n) is 2.47. The normalized spacial score (nSPS) is 11.3. The molecule has 0 unspecified atom stereocenters. The molecule has 0 atom stereocenters. The zero-order valence-electron chi connectivity index (χ0n) is 13.2. The number of alkyl halides is 3. The molecule has 0 aliphatic carbocycles. The van der Waals surface area contributed by atoms with Crippen molar-refractivity contribution in [2.45, 2.75) is 12.7 Å². The minimum absolute atomic E-state index is 0.0953. The number of pyridine rings is 1. The number of halogens is 3. The van der Waals surface area contributed by atoms with Crippen LogP contribution in [-0.2, 0) is 12.7 Å². The number of hydrogen-bond donors (Lipinski definition) is 2. The van der Waals surface area contributed by atoms with Gasteiger partial charge in [-0.05, 0) is 42.0 Å². The van der Waals surface area contributed by atoms with Gasteiger partial charge in [0, 0.05) is 29.7 Å². The summed E-state index contributed by atoms with van der Waals surface area (Å²) < 4.78 is 43.6. The van der Waals surface area contributed by atoms with E-state index in [1.165, 1.54) is 12.1 Å². The minimum Gasteiger partial charge on any atom is -0.465 e. The zero-order chi connectivity index (χ0) is 18.7. The number of nitrogens with one attached hydrogen (secondary N) is 1. The predicted molar refractivity (Wildman–Crippen MR) is 88.1 cm³/mol. The summed E-state index contributed by atoms with van der Waals surface area (Å²) in [4.78, 5) is 14.7. The van der Waals surface area contributed by atoms with E-state index in [0.717, 1.165) is 12.1 Å². The number of nitrogens with zero attached hydrogens (tertiary/aromatic N) is 1. The minimum atomic E-state index is -4.41. The molecule has 2 aromatic carbocycles. The Hall–Kier alpha value is -3.29. The van der Waals surface area contributed by atoms with Crippen molar-refractivity contribution in [2.75, 3.05) is 0 Å². The highest BCUT2D eigenvalue weighted by atomic mass is 19.4. The van der Waals surface area contributed by atoms with Gasteiger partial charge in [0.05, 0.1) is 5.56 Å². The number of carboxylic acid groups (broad SMARTS) is 1. The average molecular weight is 362 g/mol. The first-order valence-electron chi connectivity index (χ1n) is 7.52. The quantitative estimate of drug-likeness (QED) is 0.698. The third kappa shape index (κ3) is 3.85. The molecule has 2 N–H and O–H groups in total. The lowest BCUT2D eigenvalue weighted by atomic mass is 10.1. The molecule has 1 heterocycles. The Labute approximate surface area is 146 Å². The first-order valence-corrected chi connectivity index (χ1v) is 7.52. The Morgan fingerprint density at radius 1 is 1.08 bits per heavy atom. The van der Waals surface area contributed by atoms with Gasteiger partial charge in [0.1, 0.15) is 11.5 Å². The van der Waals surface area contributed by atoms with Crippen LogP contribution in [0.2, 0.25) is 0 Å². The Morgan fingerprint density at radius 2 is 1.81 bits per heavy atom. The molecule has 1 amide bonds. The number of benzene rings is 2. The molecule has 5 nitrogen and oxygen atoms in total. The van der Waals surface area contributed by atoms with Crippen LogP contribution in [0.25, 0.3) is 10.8 Å². The summed E-state index contributed by atoms with van der Waals surface area (Å²) in [6, 6.07) is 9.40. The lowest BCUT2D eigenvalue weighted by molar-refractivity contribution is -0.137. The molecule has 134 valence electrons. The van der Waals surface area contributed by atoms with E-state index < -0.39 is 17.8 Å². The van der Waals surface area contributed by atoms with Crippen LogP contribution >= 0.6 is 0 Å². The molecule has 0 radical (unpaired) electrons. The van der Waals surface area contributed by atoms with Crippen molar-refractivity contribution in [1.29, 1.82) is 0 Å². The van der Waals surface area contributed by atoms with Crippen LogP contribution in [0.15, 0.2) is 54.9 Å². The third-order valence-corrected chi connectivity index (χ3v) is 3.71. The molecule has 0 aliphatic heterocycles.